The number of aryl methyl sites for hydroxylation is 1. The molecule has 1 atom stereocenters. The molecule has 0 saturated heterocycles. The van der Waals surface area contributed by atoms with Crippen molar-refractivity contribution in [3.63, 3.8) is 0 Å². The van der Waals surface area contributed by atoms with Gasteiger partial charge in [-0.2, -0.15) is 4.57 Å². The van der Waals surface area contributed by atoms with Gasteiger partial charge in [0.1, 0.15) is 4.70 Å². The van der Waals surface area contributed by atoms with Crippen LogP contribution in [0.1, 0.15) is 42.2 Å². The third-order valence-corrected chi connectivity index (χ3v) is 10.2. The number of nitrogens with zero attached hydrogens (tertiary/aromatic N) is 2. The van der Waals surface area contributed by atoms with Crippen molar-refractivity contribution in [1.82, 2.24) is 0 Å². The minimum absolute atomic E-state index is 0.446. The molecule has 42 heavy (non-hydrogen) atoms. The van der Waals surface area contributed by atoms with Crippen molar-refractivity contribution in [3.8, 4) is 0 Å². The van der Waals surface area contributed by atoms with Crippen LogP contribution in [-0.2, 0) is 16.0 Å². The molecule has 0 spiro atoms. The maximum atomic E-state index is 5.39. The smallest absolute Gasteiger partial charge is 0.263 e. The van der Waals surface area contributed by atoms with Gasteiger partial charge in [-0.15, -0.1) is 0 Å². The van der Waals surface area contributed by atoms with Crippen LogP contribution in [0.3, 0.4) is 0 Å². The summed E-state index contributed by atoms with van der Waals surface area (Å²) in [6.45, 7) is 3.43. The van der Waals surface area contributed by atoms with Gasteiger partial charge in [-0.25, -0.2) is 0 Å². The van der Waals surface area contributed by atoms with E-state index in [1.165, 1.54) is 47.5 Å². The summed E-state index contributed by atoms with van der Waals surface area (Å²) in [7, 11) is 3.57. The number of anilines is 1. The second-order valence-corrected chi connectivity index (χ2v) is 13.0. The van der Waals surface area contributed by atoms with Crippen molar-refractivity contribution in [2.45, 2.75) is 43.0 Å². The Balaban J connectivity index is 1.38. The average molecular weight is 596 g/mol. The summed E-state index contributed by atoms with van der Waals surface area (Å²) in [5.41, 5.74) is 6.80. The Hall–Kier alpha value is -3.16. The van der Waals surface area contributed by atoms with Crippen LogP contribution < -0.4 is 9.47 Å². The lowest BCUT2D eigenvalue weighted by molar-refractivity contribution is -0.669. The van der Waals surface area contributed by atoms with Crippen molar-refractivity contribution >= 4 is 45.1 Å². The van der Waals surface area contributed by atoms with Crippen LogP contribution >= 0.6 is 23.1 Å². The molecule has 0 amide bonds. The number of methoxy groups -OCH3 is 2. The minimum atomic E-state index is 0.446. The maximum Gasteiger partial charge on any atom is 0.263 e. The summed E-state index contributed by atoms with van der Waals surface area (Å²) in [5.74, 6) is 0.446. The van der Waals surface area contributed by atoms with E-state index in [9.17, 15) is 0 Å². The highest BCUT2D eigenvalue weighted by atomic mass is 32.2. The summed E-state index contributed by atoms with van der Waals surface area (Å²) >= 11 is 3.77. The standard InChI is InChI=1S/C36H39N2O2S2/c1-39-20-10-18-37-31-14-6-8-16-33(31)41-35(37)25-27-22-28(24-30(23-27)29-12-4-3-5-13-29)26-36-38(19-11-21-40-2)32-15-7-9-17-34(32)42-36/h3-9,12-17,22,25-26,30H,10-11,18-21,23-24H2,1-2H3/q+1. The highest BCUT2D eigenvalue weighted by molar-refractivity contribution is 8.03. The van der Waals surface area contributed by atoms with Gasteiger partial charge in [0.25, 0.3) is 5.01 Å². The summed E-state index contributed by atoms with van der Waals surface area (Å²) in [6, 6.07) is 28.6. The average Bonchev–Trinajstić information content (AvgIpc) is 3.54. The molecule has 1 aromatic heterocycles. The first-order valence-corrected chi connectivity index (χ1v) is 16.5. The number of fused-ring (bicyclic) bond motifs is 2. The predicted octanol–water partition coefficient (Wildman–Crippen LogP) is 8.60. The first-order chi connectivity index (χ1) is 20.7. The van der Waals surface area contributed by atoms with E-state index in [2.05, 4.69) is 107 Å². The van der Waals surface area contributed by atoms with Gasteiger partial charge in [-0.3, -0.25) is 0 Å². The van der Waals surface area contributed by atoms with Crippen LogP contribution in [0.15, 0.2) is 112 Å². The Morgan fingerprint density at radius 2 is 1.62 bits per heavy atom. The Bertz CT molecular complexity index is 1610. The number of thioether (sulfide) groups is 1. The second-order valence-electron chi connectivity index (χ2n) is 10.9. The maximum absolute atomic E-state index is 5.39. The number of thiazole rings is 1. The molecule has 1 aliphatic heterocycles. The Morgan fingerprint density at radius 1 is 0.857 bits per heavy atom. The molecule has 3 aromatic carbocycles. The molecule has 4 nitrogen and oxygen atoms in total. The molecule has 6 heteroatoms. The van der Waals surface area contributed by atoms with E-state index in [1.54, 1.807) is 14.2 Å². The van der Waals surface area contributed by atoms with E-state index in [4.69, 9.17) is 9.47 Å². The molecular weight excluding hydrogens is 557 g/mol. The van der Waals surface area contributed by atoms with Crippen molar-refractivity contribution in [1.29, 1.82) is 0 Å². The molecule has 0 fully saturated rings. The van der Waals surface area contributed by atoms with Crippen LogP contribution in [0.5, 0.6) is 0 Å². The fraction of sp³-hybridized carbons (Fsp3) is 0.306. The van der Waals surface area contributed by atoms with E-state index >= 15 is 0 Å². The zero-order valence-electron chi connectivity index (χ0n) is 24.5. The lowest BCUT2D eigenvalue weighted by Crippen LogP contribution is -2.35. The Morgan fingerprint density at radius 3 is 2.48 bits per heavy atom. The third kappa shape index (κ3) is 6.57. The van der Waals surface area contributed by atoms with Crippen molar-refractivity contribution in [2.24, 2.45) is 0 Å². The summed E-state index contributed by atoms with van der Waals surface area (Å²) in [6.07, 6.45) is 11.4. The summed E-state index contributed by atoms with van der Waals surface area (Å²) in [5, 5.41) is 2.62. The zero-order valence-corrected chi connectivity index (χ0v) is 26.1. The van der Waals surface area contributed by atoms with E-state index in [1.807, 2.05) is 23.1 Å². The lowest BCUT2D eigenvalue weighted by atomic mass is 9.81. The van der Waals surface area contributed by atoms with Gasteiger partial charge in [0.05, 0.1) is 17.3 Å². The van der Waals surface area contributed by atoms with Gasteiger partial charge >= 0.3 is 0 Å². The first-order valence-electron chi connectivity index (χ1n) is 14.8. The van der Waals surface area contributed by atoms with Crippen LogP contribution in [0, 0.1) is 0 Å². The minimum Gasteiger partial charge on any atom is -0.385 e. The second kappa shape index (κ2) is 13.9. The van der Waals surface area contributed by atoms with E-state index in [-0.39, 0.29) is 0 Å². The van der Waals surface area contributed by atoms with Crippen molar-refractivity contribution in [2.75, 3.05) is 38.9 Å². The molecule has 1 unspecified atom stereocenters. The Labute approximate surface area is 258 Å². The van der Waals surface area contributed by atoms with Gasteiger partial charge in [0.15, 0.2) is 6.54 Å². The van der Waals surface area contributed by atoms with Gasteiger partial charge in [-0.05, 0) is 66.2 Å². The molecular formula is C36H39N2O2S2+. The fourth-order valence-electron chi connectivity index (χ4n) is 5.99. The summed E-state index contributed by atoms with van der Waals surface area (Å²) < 4.78 is 14.6. The van der Waals surface area contributed by atoms with E-state index in [0.717, 1.165) is 52.0 Å². The normalized spacial score (nSPS) is 18.7. The van der Waals surface area contributed by atoms with Crippen LogP contribution in [0.2, 0.25) is 0 Å². The zero-order chi connectivity index (χ0) is 28.7. The molecule has 0 bridgehead atoms. The summed E-state index contributed by atoms with van der Waals surface area (Å²) in [4.78, 5) is 3.81. The van der Waals surface area contributed by atoms with Crippen molar-refractivity contribution < 1.29 is 14.0 Å². The third-order valence-electron chi connectivity index (χ3n) is 7.96. The molecule has 4 aromatic rings. The van der Waals surface area contributed by atoms with Crippen molar-refractivity contribution in [3.05, 3.63) is 118 Å². The fourth-order valence-corrected chi connectivity index (χ4v) is 8.32. The number of aromatic nitrogens is 1. The molecule has 2 aliphatic rings. The molecule has 0 saturated carbocycles. The first kappa shape index (κ1) is 28.9. The molecule has 1 aliphatic carbocycles. The molecule has 216 valence electrons. The van der Waals surface area contributed by atoms with Gasteiger partial charge in [0.2, 0.25) is 5.52 Å². The Kier molecular flexibility index (Phi) is 9.56. The van der Waals surface area contributed by atoms with E-state index in [0.29, 0.717) is 5.92 Å². The van der Waals surface area contributed by atoms with Crippen LogP contribution in [0.25, 0.3) is 16.3 Å². The van der Waals surface area contributed by atoms with Crippen LogP contribution in [0.4, 0.5) is 5.69 Å². The highest BCUT2D eigenvalue weighted by Gasteiger charge is 2.27. The molecule has 0 radical (unpaired) electrons. The van der Waals surface area contributed by atoms with Gasteiger partial charge in [0, 0.05) is 50.8 Å². The number of allylic oxidation sites excluding steroid dienone is 4. The SMILES string of the molecule is COCCCN1C(=CC2=CC(=Cc3sc4ccccc4[n+]3CCCOC)CC(c3ccccc3)C2)Sc2ccccc21. The highest BCUT2D eigenvalue weighted by Crippen LogP contribution is 2.47. The number of hydrogen-bond acceptors (Lipinski definition) is 5. The lowest BCUT2D eigenvalue weighted by Gasteiger charge is -2.25. The molecule has 0 N–H and O–H groups in total. The monoisotopic (exact) mass is 595 g/mol. The van der Waals surface area contributed by atoms with Crippen LogP contribution in [-0.4, -0.2) is 34.0 Å². The van der Waals surface area contributed by atoms with Gasteiger partial charge < -0.3 is 14.4 Å². The predicted molar refractivity (Wildman–Crippen MR) is 177 cm³/mol. The largest absolute Gasteiger partial charge is 0.385 e. The number of rotatable bonds is 11. The number of benzene rings is 3. The number of ether oxygens (including phenoxy) is 2. The number of para-hydroxylation sites is 2. The molecule has 2 heterocycles. The quantitative estimate of drug-likeness (QED) is 0.128. The van der Waals surface area contributed by atoms with Gasteiger partial charge in [-0.1, -0.05) is 83.8 Å². The van der Waals surface area contributed by atoms with E-state index < -0.39 is 0 Å². The molecule has 6 rings (SSSR count). The topological polar surface area (TPSA) is 25.6 Å². The number of hydrogen-bond donors (Lipinski definition) is 0.